The zero-order valence-electron chi connectivity index (χ0n) is 38.8. The van der Waals surface area contributed by atoms with Gasteiger partial charge in [0.15, 0.2) is 0 Å². The molecule has 0 amide bonds. The van der Waals surface area contributed by atoms with E-state index in [-0.39, 0.29) is 0 Å². The van der Waals surface area contributed by atoms with Crippen LogP contribution in [0.2, 0.25) is 0 Å². The first-order valence-electron chi connectivity index (χ1n) is 24.5. The molecule has 0 fully saturated rings. The van der Waals surface area contributed by atoms with Crippen LogP contribution in [-0.2, 0) is 5.41 Å². The zero-order chi connectivity index (χ0) is 46.9. The fourth-order valence-corrected chi connectivity index (χ4v) is 11.7. The summed E-state index contributed by atoms with van der Waals surface area (Å²) in [6, 6.07) is 99.7. The molecule has 1 heterocycles. The van der Waals surface area contributed by atoms with Crippen molar-refractivity contribution in [1.82, 2.24) is 0 Å². The molecule has 0 atom stereocenters. The van der Waals surface area contributed by atoms with E-state index in [0.717, 1.165) is 66.8 Å². The molecule has 2 heteroatoms. The number of rotatable bonds is 7. The maximum atomic E-state index is 7.22. The van der Waals surface area contributed by atoms with Crippen LogP contribution in [0.25, 0.3) is 77.2 Å². The molecule has 2 nitrogen and oxygen atoms in total. The summed E-state index contributed by atoms with van der Waals surface area (Å²) in [6.07, 6.45) is 0. The lowest BCUT2D eigenvalue weighted by atomic mass is 9.65. The minimum atomic E-state index is -0.614. The van der Waals surface area contributed by atoms with E-state index in [1.807, 2.05) is 0 Å². The summed E-state index contributed by atoms with van der Waals surface area (Å²) >= 11 is 0. The van der Waals surface area contributed by atoms with Gasteiger partial charge < -0.3 is 9.64 Å². The van der Waals surface area contributed by atoms with E-state index >= 15 is 0 Å². The van der Waals surface area contributed by atoms with Crippen molar-refractivity contribution in [2.75, 3.05) is 4.90 Å². The second-order valence-electron chi connectivity index (χ2n) is 18.8. The van der Waals surface area contributed by atoms with Crippen LogP contribution in [0.5, 0.6) is 11.5 Å². The lowest BCUT2D eigenvalue weighted by Gasteiger charge is -2.40. The molecule has 0 unspecified atom stereocenters. The SMILES string of the molecule is c1ccc(-c2cc(-c3ccccc3)cc(N(c3ccccc3)c3ccccc3-c3ccc(-c4ccc5c(c4)C4(c6ccccc6-5)c5ccc6ccccc6c5Oc5c4ccc4ccccc54)cc3)c2)cc1. The Bertz CT molecular complexity index is 3870. The molecule has 1 aliphatic heterocycles. The van der Waals surface area contributed by atoms with Crippen LogP contribution in [-0.4, -0.2) is 0 Å². The van der Waals surface area contributed by atoms with Crippen molar-refractivity contribution in [1.29, 1.82) is 0 Å². The Labute approximate surface area is 414 Å². The van der Waals surface area contributed by atoms with Gasteiger partial charge in [0.2, 0.25) is 0 Å². The smallest absolute Gasteiger partial charge is 0.140 e. The first-order valence-corrected chi connectivity index (χ1v) is 24.5. The molecular formula is C69H45NO. The average Bonchev–Trinajstić information content (AvgIpc) is 3.73. The fourth-order valence-electron chi connectivity index (χ4n) is 11.7. The largest absolute Gasteiger partial charge is 0.455 e. The van der Waals surface area contributed by atoms with Crippen LogP contribution in [0.3, 0.4) is 0 Å². The molecule has 12 aromatic rings. The molecule has 0 saturated heterocycles. The second-order valence-corrected chi connectivity index (χ2v) is 18.8. The normalized spacial score (nSPS) is 12.7. The van der Waals surface area contributed by atoms with Crippen molar-refractivity contribution in [3.05, 3.63) is 295 Å². The number of benzene rings is 12. The topological polar surface area (TPSA) is 12.5 Å². The summed E-state index contributed by atoms with van der Waals surface area (Å²) in [6.45, 7) is 0. The average molecular weight is 904 g/mol. The van der Waals surface area contributed by atoms with Crippen molar-refractivity contribution in [2.24, 2.45) is 0 Å². The number of ether oxygens (including phenoxy) is 1. The van der Waals surface area contributed by atoms with Crippen LogP contribution >= 0.6 is 0 Å². The highest BCUT2D eigenvalue weighted by molar-refractivity contribution is 6.00. The predicted octanol–water partition coefficient (Wildman–Crippen LogP) is 18.6. The Hall–Kier alpha value is -9.24. The second kappa shape index (κ2) is 16.5. The molecule has 0 aromatic heterocycles. The highest BCUT2D eigenvalue weighted by atomic mass is 16.5. The number of para-hydroxylation sites is 2. The molecule has 71 heavy (non-hydrogen) atoms. The molecule has 2 aliphatic rings. The van der Waals surface area contributed by atoms with Crippen molar-refractivity contribution in [3.63, 3.8) is 0 Å². The fraction of sp³-hybridized carbons (Fsp3) is 0.0145. The van der Waals surface area contributed by atoms with Crippen molar-refractivity contribution >= 4 is 38.6 Å². The van der Waals surface area contributed by atoms with Crippen LogP contribution in [0, 0.1) is 0 Å². The lowest BCUT2D eigenvalue weighted by molar-refractivity contribution is 0.447. The maximum Gasteiger partial charge on any atom is 0.140 e. The van der Waals surface area contributed by atoms with Gasteiger partial charge in [-0.1, -0.05) is 231 Å². The van der Waals surface area contributed by atoms with Crippen molar-refractivity contribution in [2.45, 2.75) is 5.41 Å². The standard InChI is InChI=1S/C69H45NO/c1-4-18-46(19-5-1)53-42-54(47-20-6-2-7-21-47)44-56(43-53)70(55-24-8-3-9-25-55)66-31-17-15-26-57(66)51-34-32-48(33-35-51)52-36-39-61-60-29-14-16-30-62(60)69(65(61)45-52)63-40-37-49-22-10-12-27-58(49)67(63)71-68-59-28-13-11-23-50(59)38-41-64(68)69/h1-45H. The van der Waals surface area contributed by atoms with E-state index < -0.39 is 5.41 Å². The minimum absolute atomic E-state index is 0.614. The minimum Gasteiger partial charge on any atom is -0.455 e. The van der Waals surface area contributed by atoms with Crippen LogP contribution < -0.4 is 9.64 Å². The Balaban J connectivity index is 0.918. The number of anilines is 3. The molecule has 0 radical (unpaired) electrons. The quantitative estimate of drug-likeness (QED) is 0.158. The summed E-state index contributed by atoms with van der Waals surface area (Å²) in [5.41, 5.74) is 19.4. The summed E-state index contributed by atoms with van der Waals surface area (Å²) in [4.78, 5) is 2.41. The molecule has 1 spiro atoms. The summed E-state index contributed by atoms with van der Waals surface area (Å²) in [7, 11) is 0. The van der Waals surface area contributed by atoms with Crippen LogP contribution in [0.4, 0.5) is 17.1 Å². The van der Waals surface area contributed by atoms with Gasteiger partial charge >= 0.3 is 0 Å². The molecule has 0 bridgehead atoms. The van der Waals surface area contributed by atoms with Crippen molar-refractivity contribution < 1.29 is 4.74 Å². The van der Waals surface area contributed by atoms with E-state index in [1.54, 1.807) is 0 Å². The third-order valence-corrected chi connectivity index (χ3v) is 14.9. The third kappa shape index (κ3) is 6.49. The highest BCUT2D eigenvalue weighted by Crippen LogP contribution is 2.64. The number of hydrogen-bond donors (Lipinski definition) is 0. The van der Waals surface area contributed by atoms with Gasteiger partial charge in [-0.15, -0.1) is 0 Å². The van der Waals surface area contributed by atoms with Crippen molar-refractivity contribution in [3.8, 4) is 67.1 Å². The summed E-state index contributed by atoms with van der Waals surface area (Å²) in [5, 5.41) is 4.56. The van der Waals surface area contributed by atoms with Gasteiger partial charge in [-0.3, -0.25) is 0 Å². The Morgan fingerprint density at radius 2 is 0.746 bits per heavy atom. The van der Waals surface area contributed by atoms with Gasteiger partial charge in [-0.05, 0) is 114 Å². The van der Waals surface area contributed by atoms with Gasteiger partial charge in [0.1, 0.15) is 11.5 Å². The van der Waals surface area contributed by atoms with E-state index in [4.69, 9.17) is 4.74 Å². The summed E-state index contributed by atoms with van der Waals surface area (Å²) in [5.74, 6) is 1.85. The first kappa shape index (κ1) is 40.8. The number of nitrogens with zero attached hydrogens (tertiary/aromatic N) is 1. The van der Waals surface area contributed by atoms with E-state index in [9.17, 15) is 0 Å². The monoisotopic (exact) mass is 903 g/mol. The molecule has 0 N–H and O–H groups in total. The maximum absolute atomic E-state index is 7.22. The molecule has 1 aliphatic carbocycles. The van der Waals surface area contributed by atoms with E-state index in [2.05, 4.69) is 278 Å². The zero-order valence-corrected chi connectivity index (χ0v) is 38.8. The Kier molecular flexibility index (Phi) is 9.47. The third-order valence-electron chi connectivity index (χ3n) is 14.9. The Morgan fingerprint density at radius 3 is 1.38 bits per heavy atom. The molecular weight excluding hydrogens is 859 g/mol. The van der Waals surface area contributed by atoms with Crippen LogP contribution in [0.15, 0.2) is 273 Å². The van der Waals surface area contributed by atoms with Gasteiger partial charge in [0, 0.05) is 38.8 Å². The predicted molar refractivity (Wildman–Crippen MR) is 295 cm³/mol. The van der Waals surface area contributed by atoms with Crippen LogP contribution in [0.1, 0.15) is 22.3 Å². The number of fused-ring (bicyclic) bond motifs is 13. The molecule has 12 aromatic carbocycles. The first-order chi connectivity index (χ1) is 35.2. The molecule has 14 rings (SSSR count). The highest BCUT2D eigenvalue weighted by Gasteiger charge is 2.52. The van der Waals surface area contributed by atoms with E-state index in [0.29, 0.717) is 0 Å². The summed E-state index contributed by atoms with van der Waals surface area (Å²) < 4.78 is 7.22. The molecule has 332 valence electrons. The van der Waals surface area contributed by atoms with Gasteiger partial charge in [-0.25, -0.2) is 0 Å². The van der Waals surface area contributed by atoms with E-state index in [1.165, 1.54) is 61.2 Å². The Morgan fingerprint density at radius 1 is 0.268 bits per heavy atom. The lowest BCUT2D eigenvalue weighted by Crippen LogP contribution is -2.32. The van der Waals surface area contributed by atoms with Gasteiger partial charge in [0.25, 0.3) is 0 Å². The van der Waals surface area contributed by atoms with Gasteiger partial charge in [-0.2, -0.15) is 0 Å². The number of hydrogen-bond acceptors (Lipinski definition) is 2. The molecule has 0 saturated carbocycles. The van der Waals surface area contributed by atoms with Gasteiger partial charge in [0.05, 0.1) is 11.1 Å².